The number of aryl methyl sites for hydroxylation is 1. The molecule has 0 spiro atoms. The van der Waals surface area contributed by atoms with Gasteiger partial charge in [-0.15, -0.1) is 0 Å². The highest BCUT2D eigenvalue weighted by Crippen LogP contribution is 2.12. The number of nitrogens with one attached hydrogen (secondary N) is 1. The lowest BCUT2D eigenvalue weighted by atomic mass is 10.1. The van der Waals surface area contributed by atoms with Crippen LogP contribution in [-0.2, 0) is 16.3 Å². The van der Waals surface area contributed by atoms with Crippen LogP contribution in [0.25, 0.3) is 0 Å². The van der Waals surface area contributed by atoms with Crippen molar-refractivity contribution in [3.8, 4) is 0 Å². The predicted molar refractivity (Wildman–Crippen MR) is 98.4 cm³/mol. The van der Waals surface area contributed by atoms with Crippen molar-refractivity contribution < 1.29 is 13.2 Å². The van der Waals surface area contributed by atoms with Crippen molar-refractivity contribution in [1.29, 1.82) is 0 Å². The van der Waals surface area contributed by atoms with Gasteiger partial charge in [-0.2, -0.15) is 0 Å². The fraction of sp³-hybridized carbons (Fsp3) is 0.611. The molecular weight excluding hydrogens is 338 g/mol. The number of benzene rings is 1. The van der Waals surface area contributed by atoms with E-state index in [4.69, 9.17) is 0 Å². The zero-order chi connectivity index (χ0) is 17.7. The van der Waals surface area contributed by atoms with E-state index in [0.717, 1.165) is 32.5 Å². The van der Waals surface area contributed by atoms with Gasteiger partial charge in [-0.3, -0.25) is 4.90 Å². The highest BCUT2D eigenvalue weighted by atomic mass is 32.2. The minimum atomic E-state index is -2.96. The van der Waals surface area contributed by atoms with E-state index < -0.39 is 9.84 Å². The minimum Gasteiger partial charge on any atom is -0.334 e. The number of amides is 2. The topological polar surface area (TPSA) is 69.7 Å². The van der Waals surface area contributed by atoms with Gasteiger partial charge in [0.25, 0.3) is 0 Å². The zero-order valence-electron chi connectivity index (χ0n) is 14.6. The Balaban J connectivity index is 1.35. The maximum absolute atomic E-state index is 12.3. The number of hydrogen-bond donors (Lipinski definition) is 1. The van der Waals surface area contributed by atoms with Crippen LogP contribution in [0.4, 0.5) is 4.79 Å². The van der Waals surface area contributed by atoms with Crippen molar-refractivity contribution in [1.82, 2.24) is 15.1 Å². The monoisotopic (exact) mass is 365 g/mol. The summed E-state index contributed by atoms with van der Waals surface area (Å²) < 4.78 is 22.9. The summed E-state index contributed by atoms with van der Waals surface area (Å²) in [6.45, 7) is 4.22. The lowest BCUT2D eigenvalue weighted by Crippen LogP contribution is -2.53. The second kappa shape index (κ2) is 8.19. The van der Waals surface area contributed by atoms with Crippen LogP contribution in [0.2, 0.25) is 0 Å². The van der Waals surface area contributed by atoms with Gasteiger partial charge in [0.2, 0.25) is 0 Å². The van der Waals surface area contributed by atoms with Gasteiger partial charge in [-0.05, 0) is 31.4 Å². The Hall–Kier alpha value is -1.60. The van der Waals surface area contributed by atoms with Gasteiger partial charge < -0.3 is 10.2 Å². The van der Waals surface area contributed by atoms with Gasteiger partial charge >= 0.3 is 6.03 Å². The summed E-state index contributed by atoms with van der Waals surface area (Å²) in [4.78, 5) is 16.5. The molecule has 1 aromatic rings. The van der Waals surface area contributed by atoms with Gasteiger partial charge in [-0.1, -0.05) is 30.3 Å². The number of urea groups is 1. The molecule has 0 aromatic heterocycles. The Kier molecular flexibility index (Phi) is 5.96. The molecule has 2 aliphatic rings. The highest BCUT2D eigenvalue weighted by Gasteiger charge is 2.30. The van der Waals surface area contributed by atoms with Crippen LogP contribution in [-0.4, -0.2) is 74.5 Å². The van der Waals surface area contributed by atoms with Gasteiger partial charge in [0, 0.05) is 32.2 Å². The van der Waals surface area contributed by atoms with Gasteiger partial charge in [0.15, 0.2) is 9.84 Å². The summed E-state index contributed by atoms with van der Waals surface area (Å²) in [5.41, 5.74) is 1.37. The molecule has 0 radical (unpaired) electrons. The molecule has 2 aliphatic heterocycles. The van der Waals surface area contributed by atoms with Crippen molar-refractivity contribution in [2.24, 2.45) is 0 Å². The Morgan fingerprint density at radius 3 is 2.48 bits per heavy atom. The van der Waals surface area contributed by atoms with Crippen LogP contribution in [0.5, 0.6) is 0 Å². The standard InChI is InChI=1S/C18H27N3O3S/c22-18(19-17-8-14-25(23,24)15-17)21-12-10-20(11-13-21)9-4-7-16-5-2-1-3-6-16/h1-3,5-6,17H,4,7-15H2,(H,19,22). The van der Waals surface area contributed by atoms with Crippen LogP contribution in [0.1, 0.15) is 18.4 Å². The van der Waals surface area contributed by atoms with E-state index in [1.54, 1.807) is 4.90 Å². The van der Waals surface area contributed by atoms with E-state index in [1.165, 1.54) is 5.56 Å². The van der Waals surface area contributed by atoms with Crippen LogP contribution >= 0.6 is 0 Å². The Morgan fingerprint density at radius 1 is 1.12 bits per heavy atom. The SMILES string of the molecule is O=C(NC1CCS(=O)(=O)C1)N1CCN(CCCc2ccccc2)CC1. The van der Waals surface area contributed by atoms with E-state index in [2.05, 4.69) is 34.5 Å². The maximum Gasteiger partial charge on any atom is 0.317 e. The summed E-state index contributed by atoms with van der Waals surface area (Å²) in [5.74, 6) is 0.269. The van der Waals surface area contributed by atoms with Crippen molar-refractivity contribution >= 4 is 15.9 Å². The molecular formula is C18H27N3O3S. The van der Waals surface area contributed by atoms with Crippen LogP contribution in [0, 0.1) is 0 Å². The first-order valence-electron chi connectivity index (χ1n) is 9.04. The molecule has 138 valence electrons. The van der Waals surface area contributed by atoms with Crippen LogP contribution < -0.4 is 5.32 Å². The molecule has 2 amide bonds. The molecule has 3 rings (SSSR count). The molecule has 2 saturated heterocycles. The van der Waals surface area contributed by atoms with Crippen LogP contribution in [0.3, 0.4) is 0 Å². The third-order valence-corrected chi connectivity index (χ3v) is 6.77. The van der Waals surface area contributed by atoms with E-state index in [0.29, 0.717) is 19.5 Å². The fourth-order valence-corrected chi connectivity index (χ4v) is 5.17. The number of sulfone groups is 1. The summed E-state index contributed by atoms with van der Waals surface area (Å²) >= 11 is 0. The first-order chi connectivity index (χ1) is 12.0. The number of rotatable bonds is 5. The molecule has 6 nitrogen and oxygen atoms in total. The molecule has 1 unspecified atom stereocenters. The molecule has 1 atom stereocenters. The van der Waals surface area contributed by atoms with E-state index >= 15 is 0 Å². The Bertz CT molecular complexity index is 670. The minimum absolute atomic E-state index is 0.0815. The molecule has 0 saturated carbocycles. The van der Waals surface area contributed by atoms with Crippen molar-refractivity contribution in [3.63, 3.8) is 0 Å². The molecule has 2 fully saturated rings. The summed E-state index contributed by atoms with van der Waals surface area (Å²) in [6, 6.07) is 10.2. The average Bonchev–Trinajstić information content (AvgIpc) is 2.95. The summed E-state index contributed by atoms with van der Waals surface area (Å²) in [6.07, 6.45) is 2.74. The van der Waals surface area contributed by atoms with Crippen molar-refractivity contribution in [3.05, 3.63) is 35.9 Å². The third-order valence-electron chi connectivity index (χ3n) is 5.00. The molecule has 0 aliphatic carbocycles. The number of nitrogens with zero attached hydrogens (tertiary/aromatic N) is 2. The predicted octanol–water partition coefficient (Wildman–Crippen LogP) is 1.13. The first kappa shape index (κ1) is 18.2. The zero-order valence-corrected chi connectivity index (χ0v) is 15.4. The smallest absolute Gasteiger partial charge is 0.317 e. The highest BCUT2D eigenvalue weighted by molar-refractivity contribution is 7.91. The Morgan fingerprint density at radius 2 is 1.84 bits per heavy atom. The van der Waals surface area contributed by atoms with Crippen LogP contribution in [0.15, 0.2) is 30.3 Å². The molecule has 1 N–H and O–H groups in total. The summed E-state index contributed by atoms with van der Waals surface area (Å²) in [7, 11) is -2.96. The fourth-order valence-electron chi connectivity index (χ4n) is 3.50. The average molecular weight is 365 g/mol. The second-order valence-electron chi connectivity index (χ2n) is 6.97. The maximum atomic E-state index is 12.3. The molecule has 2 heterocycles. The molecule has 7 heteroatoms. The number of hydrogen-bond acceptors (Lipinski definition) is 4. The normalized spacial score (nSPS) is 23.5. The van der Waals surface area contributed by atoms with E-state index in [1.807, 2.05) is 6.07 Å². The third kappa shape index (κ3) is 5.44. The lowest BCUT2D eigenvalue weighted by Gasteiger charge is -2.35. The quantitative estimate of drug-likeness (QED) is 0.849. The number of carbonyl (C=O) groups excluding carboxylic acids is 1. The summed E-state index contributed by atoms with van der Waals surface area (Å²) in [5, 5.41) is 2.87. The second-order valence-corrected chi connectivity index (χ2v) is 9.20. The van der Waals surface area contributed by atoms with Crippen molar-refractivity contribution in [2.45, 2.75) is 25.3 Å². The molecule has 1 aromatic carbocycles. The number of carbonyl (C=O) groups is 1. The lowest BCUT2D eigenvalue weighted by molar-refractivity contribution is 0.137. The Labute approximate surface area is 150 Å². The molecule has 0 bridgehead atoms. The van der Waals surface area contributed by atoms with Gasteiger partial charge in [0.05, 0.1) is 11.5 Å². The van der Waals surface area contributed by atoms with Gasteiger partial charge in [-0.25, -0.2) is 13.2 Å². The van der Waals surface area contributed by atoms with Gasteiger partial charge in [0.1, 0.15) is 0 Å². The molecule has 25 heavy (non-hydrogen) atoms. The first-order valence-corrected chi connectivity index (χ1v) is 10.9. The van der Waals surface area contributed by atoms with E-state index in [9.17, 15) is 13.2 Å². The van der Waals surface area contributed by atoms with E-state index in [-0.39, 0.29) is 23.6 Å². The van der Waals surface area contributed by atoms with Crippen molar-refractivity contribution in [2.75, 3.05) is 44.2 Å². The largest absolute Gasteiger partial charge is 0.334 e. The number of piperazine rings is 1.